The molecular formula is C22H28O6. The van der Waals surface area contributed by atoms with Gasteiger partial charge in [-0.1, -0.05) is 13.0 Å². The highest BCUT2D eigenvalue weighted by atomic mass is 16.6. The molecule has 0 saturated carbocycles. The first kappa shape index (κ1) is 20.0. The van der Waals surface area contributed by atoms with E-state index < -0.39 is 0 Å². The average molecular weight is 388 g/mol. The molecule has 3 rings (SSSR count). The molecule has 2 aromatic rings. The molecule has 0 amide bonds. The van der Waals surface area contributed by atoms with Crippen molar-refractivity contribution in [1.82, 2.24) is 0 Å². The average Bonchev–Trinajstić information content (AvgIpc) is 2.72. The summed E-state index contributed by atoms with van der Waals surface area (Å²) in [7, 11) is 8.03. The molecule has 1 unspecified atom stereocenters. The molecule has 0 N–H and O–H groups in total. The summed E-state index contributed by atoms with van der Waals surface area (Å²) in [5, 5.41) is 0. The molecule has 1 atom stereocenters. The van der Waals surface area contributed by atoms with E-state index in [4.69, 9.17) is 28.4 Å². The van der Waals surface area contributed by atoms with Crippen LogP contribution in [0.1, 0.15) is 36.8 Å². The highest BCUT2D eigenvalue weighted by Gasteiger charge is 2.30. The zero-order valence-corrected chi connectivity index (χ0v) is 17.4. The first-order valence-electron chi connectivity index (χ1n) is 9.37. The third-order valence-corrected chi connectivity index (χ3v) is 5.29. The fourth-order valence-electron chi connectivity index (χ4n) is 3.83. The molecule has 1 aliphatic rings. The van der Waals surface area contributed by atoms with Gasteiger partial charge in [0.1, 0.15) is 0 Å². The van der Waals surface area contributed by atoms with Crippen molar-refractivity contribution in [3.8, 4) is 40.2 Å². The van der Waals surface area contributed by atoms with Crippen LogP contribution in [0.25, 0.3) is 0 Å². The lowest BCUT2D eigenvalue weighted by molar-refractivity contribution is 0.301. The van der Waals surface area contributed by atoms with Gasteiger partial charge >= 0.3 is 0 Å². The summed E-state index contributed by atoms with van der Waals surface area (Å²) < 4.78 is 34.4. The lowest BCUT2D eigenvalue weighted by Gasteiger charge is -2.27. The van der Waals surface area contributed by atoms with Gasteiger partial charge in [0.15, 0.2) is 23.0 Å². The van der Waals surface area contributed by atoms with Crippen LogP contribution in [-0.2, 0) is 6.42 Å². The number of hydrogen-bond donors (Lipinski definition) is 0. The lowest BCUT2D eigenvalue weighted by Crippen LogP contribution is -2.10. The van der Waals surface area contributed by atoms with Gasteiger partial charge in [-0.3, -0.25) is 0 Å². The molecule has 0 aliphatic carbocycles. The van der Waals surface area contributed by atoms with Crippen LogP contribution in [0.5, 0.6) is 40.2 Å². The van der Waals surface area contributed by atoms with Gasteiger partial charge < -0.3 is 28.4 Å². The van der Waals surface area contributed by atoms with Crippen molar-refractivity contribution in [3.63, 3.8) is 0 Å². The van der Waals surface area contributed by atoms with Crippen molar-refractivity contribution in [2.75, 3.05) is 35.5 Å². The molecule has 6 nitrogen and oxygen atoms in total. The van der Waals surface area contributed by atoms with E-state index in [1.807, 2.05) is 12.1 Å². The van der Waals surface area contributed by atoms with Gasteiger partial charge in [0.25, 0.3) is 0 Å². The van der Waals surface area contributed by atoms with Crippen molar-refractivity contribution in [1.29, 1.82) is 0 Å². The van der Waals surface area contributed by atoms with E-state index in [-0.39, 0.29) is 0 Å². The second kappa shape index (κ2) is 8.50. The number of hydrogen-bond acceptors (Lipinski definition) is 6. The molecule has 0 spiro atoms. The Hall–Kier alpha value is -2.76. The van der Waals surface area contributed by atoms with E-state index in [0.717, 1.165) is 30.4 Å². The molecule has 1 aliphatic heterocycles. The van der Waals surface area contributed by atoms with Crippen LogP contribution in [-0.4, -0.2) is 35.5 Å². The van der Waals surface area contributed by atoms with E-state index >= 15 is 0 Å². The van der Waals surface area contributed by atoms with E-state index in [2.05, 4.69) is 13.0 Å². The normalized spacial score (nSPS) is 15.3. The lowest BCUT2D eigenvalue weighted by atomic mass is 9.88. The maximum atomic E-state index is 6.48. The minimum Gasteiger partial charge on any atom is -0.493 e. The maximum Gasteiger partial charge on any atom is 0.208 e. The van der Waals surface area contributed by atoms with E-state index in [9.17, 15) is 0 Å². The Kier molecular flexibility index (Phi) is 6.07. The zero-order valence-electron chi connectivity index (χ0n) is 17.4. The van der Waals surface area contributed by atoms with Gasteiger partial charge in [-0.2, -0.15) is 0 Å². The molecule has 152 valence electrons. The quantitative estimate of drug-likeness (QED) is 0.697. The second-order valence-electron chi connectivity index (χ2n) is 6.60. The van der Waals surface area contributed by atoms with Gasteiger partial charge in [-0.15, -0.1) is 0 Å². The maximum absolute atomic E-state index is 6.48. The van der Waals surface area contributed by atoms with Crippen molar-refractivity contribution in [2.24, 2.45) is 0 Å². The van der Waals surface area contributed by atoms with Crippen LogP contribution in [0, 0.1) is 0 Å². The Balaban J connectivity index is 2.28. The topological polar surface area (TPSA) is 55.4 Å². The van der Waals surface area contributed by atoms with E-state index in [1.54, 1.807) is 35.5 Å². The third-order valence-electron chi connectivity index (χ3n) is 5.29. The zero-order chi connectivity index (χ0) is 20.3. The fraction of sp³-hybridized carbons (Fsp3) is 0.455. The number of benzene rings is 2. The Bertz CT molecular complexity index is 846. The van der Waals surface area contributed by atoms with Crippen molar-refractivity contribution in [3.05, 3.63) is 29.3 Å². The van der Waals surface area contributed by atoms with Crippen LogP contribution in [0.15, 0.2) is 18.2 Å². The Labute approximate surface area is 166 Å². The Morgan fingerprint density at radius 3 is 2.07 bits per heavy atom. The molecule has 28 heavy (non-hydrogen) atoms. The van der Waals surface area contributed by atoms with Gasteiger partial charge in [-0.25, -0.2) is 0 Å². The summed E-state index contributed by atoms with van der Waals surface area (Å²) in [5.74, 6) is 4.42. The minimum atomic E-state index is 0.335. The molecule has 0 saturated heterocycles. The molecule has 0 bridgehead atoms. The predicted octanol–water partition coefficient (Wildman–Crippen LogP) is 4.96. The van der Waals surface area contributed by atoms with Crippen molar-refractivity contribution < 1.29 is 28.4 Å². The fourth-order valence-corrected chi connectivity index (χ4v) is 3.83. The third kappa shape index (κ3) is 3.28. The first-order chi connectivity index (χ1) is 13.6. The first-order valence-corrected chi connectivity index (χ1v) is 9.37. The van der Waals surface area contributed by atoms with Gasteiger partial charge in [0.05, 0.1) is 35.5 Å². The second-order valence-corrected chi connectivity index (χ2v) is 6.60. The molecule has 0 aromatic heterocycles. The Morgan fingerprint density at radius 2 is 1.50 bits per heavy atom. The standard InChI is InChI=1S/C22H28O6/c1-7-13-8-9-14-12-17(24-3)21(26-5)22(27-6)18(14)28-19-15(13)10-11-16(23-2)20(19)25-4/h10-13H,7-9H2,1-6H3. The summed E-state index contributed by atoms with van der Waals surface area (Å²) in [6.07, 6.45) is 2.79. The molecule has 2 aromatic carbocycles. The number of fused-ring (bicyclic) bond motifs is 2. The van der Waals surface area contributed by atoms with Gasteiger partial charge in [0.2, 0.25) is 17.2 Å². The van der Waals surface area contributed by atoms with Crippen molar-refractivity contribution in [2.45, 2.75) is 32.1 Å². The van der Waals surface area contributed by atoms with E-state index in [0.29, 0.717) is 46.2 Å². The highest BCUT2D eigenvalue weighted by molar-refractivity contribution is 5.66. The van der Waals surface area contributed by atoms with Crippen LogP contribution < -0.4 is 28.4 Å². The predicted molar refractivity (Wildman–Crippen MR) is 107 cm³/mol. The summed E-state index contributed by atoms with van der Waals surface area (Å²) in [6.45, 7) is 2.18. The molecular weight excluding hydrogens is 360 g/mol. The number of methoxy groups -OCH3 is 5. The molecule has 0 radical (unpaired) electrons. The minimum absolute atomic E-state index is 0.335. The van der Waals surface area contributed by atoms with Gasteiger partial charge in [0, 0.05) is 11.1 Å². The number of aryl methyl sites for hydroxylation is 1. The molecule has 0 fully saturated rings. The monoisotopic (exact) mass is 388 g/mol. The SMILES string of the molecule is CCC1CCc2cc(OC)c(OC)c(OC)c2Oc2c1ccc(OC)c2OC. The summed E-state index contributed by atoms with van der Waals surface area (Å²) in [6, 6.07) is 5.95. The largest absolute Gasteiger partial charge is 0.493 e. The summed E-state index contributed by atoms with van der Waals surface area (Å²) in [5.41, 5.74) is 2.10. The molecule has 1 heterocycles. The van der Waals surface area contributed by atoms with Crippen LogP contribution in [0.4, 0.5) is 0 Å². The summed E-state index contributed by atoms with van der Waals surface area (Å²) >= 11 is 0. The van der Waals surface area contributed by atoms with Gasteiger partial charge in [-0.05, 0) is 37.3 Å². The smallest absolute Gasteiger partial charge is 0.208 e. The Morgan fingerprint density at radius 1 is 0.821 bits per heavy atom. The van der Waals surface area contributed by atoms with Crippen LogP contribution in [0.3, 0.4) is 0 Å². The van der Waals surface area contributed by atoms with Crippen LogP contribution in [0.2, 0.25) is 0 Å². The van der Waals surface area contributed by atoms with Crippen LogP contribution >= 0.6 is 0 Å². The summed E-state index contributed by atoms with van der Waals surface area (Å²) in [4.78, 5) is 0. The molecule has 6 heteroatoms. The highest BCUT2D eigenvalue weighted by Crippen LogP contribution is 2.54. The number of rotatable bonds is 6. The van der Waals surface area contributed by atoms with E-state index in [1.165, 1.54) is 0 Å². The number of ether oxygens (including phenoxy) is 6. The van der Waals surface area contributed by atoms with Crippen molar-refractivity contribution >= 4 is 0 Å².